The number of carbonyl (C=O) groups is 1. The fraction of sp³-hybridized carbons (Fsp3) is 0.143. The third kappa shape index (κ3) is 3.79. The molecule has 0 aliphatic carbocycles. The molecule has 0 saturated carbocycles. The molecule has 98 valence electrons. The molecule has 1 amide bonds. The molecule has 2 aromatic rings. The molecule has 0 aliphatic rings. The van der Waals surface area contributed by atoms with E-state index >= 15 is 0 Å². The van der Waals surface area contributed by atoms with Crippen molar-refractivity contribution >= 4 is 21.8 Å². The van der Waals surface area contributed by atoms with Gasteiger partial charge < -0.3 is 10.1 Å². The number of ether oxygens (including phenoxy) is 1. The van der Waals surface area contributed by atoms with Crippen LogP contribution < -0.4 is 10.1 Å². The highest BCUT2D eigenvalue weighted by Crippen LogP contribution is 2.17. The van der Waals surface area contributed by atoms with Crippen molar-refractivity contribution in [3.05, 3.63) is 58.3 Å². The smallest absolute Gasteiger partial charge is 0.270 e. The van der Waals surface area contributed by atoms with Gasteiger partial charge in [0.2, 0.25) is 0 Å². The summed E-state index contributed by atoms with van der Waals surface area (Å²) < 4.78 is 5.67. The summed E-state index contributed by atoms with van der Waals surface area (Å²) in [6.45, 7) is 0.468. The second-order valence-electron chi connectivity index (χ2n) is 3.88. The summed E-state index contributed by atoms with van der Waals surface area (Å²) in [6, 6.07) is 13.0. The van der Waals surface area contributed by atoms with Crippen LogP contribution in [0.2, 0.25) is 0 Å². The number of aromatic nitrogens is 1. The van der Waals surface area contributed by atoms with Gasteiger partial charge in [0.25, 0.3) is 5.91 Å². The Kier molecular flexibility index (Phi) is 4.52. The summed E-state index contributed by atoms with van der Waals surface area (Å²) in [4.78, 5) is 16.1. The van der Waals surface area contributed by atoms with Gasteiger partial charge in [-0.3, -0.25) is 4.79 Å². The quantitative estimate of drug-likeness (QED) is 0.881. The molecule has 2 rings (SSSR count). The third-order valence-corrected chi connectivity index (χ3v) is 2.94. The molecule has 19 heavy (non-hydrogen) atoms. The highest BCUT2D eigenvalue weighted by atomic mass is 79.9. The van der Waals surface area contributed by atoms with Crippen LogP contribution in [0.4, 0.5) is 0 Å². The highest BCUT2D eigenvalue weighted by Gasteiger charge is 2.09. The van der Waals surface area contributed by atoms with Crippen LogP contribution in [0.3, 0.4) is 0 Å². The molecule has 0 spiro atoms. The van der Waals surface area contributed by atoms with E-state index in [0.29, 0.717) is 22.6 Å². The summed E-state index contributed by atoms with van der Waals surface area (Å²) in [5.41, 5.74) is 1.36. The van der Waals surface area contributed by atoms with E-state index in [4.69, 9.17) is 4.74 Å². The van der Waals surface area contributed by atoms with Crippen LogP contribution in [0.1, 0.15) is 16.1 Å². The minimum absolute atomic E-state index is 0.233. The predicted molar refractivity (Wildman–Crippen MR) is 76.1 cm³/mol. The lowest BCUT2D eigenvalue weighted by molar-refractivity contribution is 0.0945. The van der Waals surface area contributed by atoms with Crippen molar-refractivity contribution < 1.29 is 9.53 Å². The largest absolute Gasteiger partial charge is 0.497 e. The van der Waals surface area contributed by atoms with Gasteiger partial charge in [-0.1, -0.05) is 30.3 Å². The number of methoxy groups -OCH3 is 1. The lowest BCUT2D eigenvalue weighted by atomic mass is 10.2. The Hall–Kier alpha value is -1.88. The van der Waals surface area contributed by atoms with Gasteiger partial charge in [-0.2, -0.15) is 0 Å². The average molecular weight is 321 g/mol. The Morgan fingerprint density at radius 2 is 2.05 bits per heavy atom. The van der Waals surface area contributed by atoms with Gasteiger partial charge in [0.15, 0.2) is 0 Å². The van der Waals surface area contributed by atoms with E-state index in [1.165, 1.54) is 0 Å². The molecule has 0 bridgehead atoms. The van der Waals surface area contributed by atoms with Crippen molar-refractivity contribution in [3.63, 3.8) is 0 Å². The van der Waals surface area contributed by atoms with Crippen molar-refractivity contribution in [3.8, 4) is 5.75 Å². The third-order valence-electron chi connectivity index (χ3n) is 2.53. The molecule has 1 aromatic heterocycles. The summed E-state index contributed by atoms with van der Waals surface area (Å²) in [7, 11) is 1.55. The number of pyridine rings is 1. The topological polar surface area (TPSA) is 51.2 Å². The average Bonchev–Trinajstić information content (AvgIpc) is 2.45. The molecule has 5 heteroatoms. The molecule has 0 unspecified atom stereocenters. The van der Waals surface area contributed by atoms with Gasteiger partial charge in [-0.15, -0.1) is 0 Å². The van der Waals surface area contributed by atoms with E-state index in [2.05, 4.69) is 26.2 Å². The van der Waals surface area contributed by atoms with Crippen molar-refractivity contribution in [2.75, 3.05) is 7.11 Å². The fourth-order valence-electron chi connectivity index (χ4n) is 1.58. The zero-order valence-electron chi connectivity index (χ0n) is 10.4. The molecular weight excluding hydrogens is 308 g/mol. The number of carbonyl (C=O) groups excluding carboxylic acids is 1. The molecule has 0 fully saturated rings. The van der Waals surface area contributed by atoms with Crippen molar-refractivity contribution in [1.29, 1.82) is 0 Å². The molecule has 1 aromatic carbocycles. The molecule has 1 heterocycles. The van der Waals surface area contributed by atoms with Gasteiger partial charge >= 0.3 is 0 Å². The molecule has 4 nitrogen and oxygen atoms in total. The van der Waals surface area contributed by atoms with E-state index in [1.54, 1.807) is 19.2 Å². The van der Waals surface area contributed by atoms with Crippen LogP contribution in [0.15, 0.2) is 47.1 Å². The Bertz CT molecular complexity index is 573. The summed E-state index contributed by atoms with van der Waals surface area (Å²) in [5, 5.41) is 2.82. The maximum absolute atomic E-state index is 12.0. The summed E-state index contributed by atoms with van der Waals surface area (Å²) >= 11 is 3.25. The Morgan fingerprint density at radius 1 is 1.32 bits per heavy atom. The summed E-state index contributed by atoms with van der Waals surface area (Å²) in [5.74, 6) is 0.357. The van der Waals surface area contributed by atoms with Gasteiger partial charge in [0.05, 0.1) is 7.11 Å². The maximum Gasteiger partial charge on any atom is 0.270 e. The first-order valence-corrected chi connectivity index (χ1v) is 6.52. The first-order chi connectivity index (χ1) is 9.19. The van der Waals surface area contributed by atoms with Crippen LogP contribution in [0.25, 0.3) is 0 Å². The molecule has 0 radical (unpaired) electrons. The second-order valence-corrected chi connectivity index (χ2v) is 4.70. The molecule has 1 N–H and O–H groups in total. The van der Waals surface area contributed by atoms with E-state index in [1.807, 2.05) is 30.3 Å². The van der Waals surface area contributed by atoms with Crippen LogP contribution in [-0.2, 0) is 6.54 Å². The van der Waals surface area contributed by atoms with Crippen molar-refractivity contribution in [2.45, 2.75) is 6.54 Å². The second kappa shape index (κ2) is 6.33. The number of halogens is 1. The van der Waals surface area contributed by atoms with Crippen molar-refractivity contribution in [2.24, 2.45) is 0 Å². The predicted octanol–water partition coefficient (Wildman–Crippen LogP) is 2.78. The van der Waals surface area contributed by atoms with E-state index in [0.717, 1.165) is 5.56 Å². The summed E-state index contributed by atoms with van der Waals surface area (Å²) in [6.07, 6.45) is 0. The lowest BCUT2D eigenvalue weighted by Gasteiger charge is -2.07. The SMILES string of the molecule is COc1cc(Br)nc(C(=O)NCc2ccccc2)c1. The first-order valence-electron chi connectivity index (χ1n) is 5.73. The Morgan fingerprint density at radius 3 is 2.74 bits per heavy atom. The molecule has 0 saturated heterocycles. The Labute approximate surface area is 119 Å². The number of benzene rings is 1. The number of rotatable bonds is 4. The van der Waals surface area contributed by atoms with Gasteiger partial charge in [0.1, 0.15) is 16.0 Å². The minimum Gasteiger partial charge on any atom is -0.497 e. The fourth-order valence-corrected chi connectivity index (χ4v) is 1.99. The molecular formula is C14H13BrN2O2. The van der Waals surface area contributed by atoms with Crippen LogP contribution >= 0.6 is 15.9 Å². The standard InChI is InChI=1S/C14H13BrN2O2/c1-19-11-7-12(17-13(15)8-11)14(18)16-9-10-5-3-2-4-6-10/h2-8H,9H2,1H3,(H,16,18). The van der Waals surface area contributed by atoms with Crippen LogP contribution in [-0.4, -0.2) is 18.0 Å². The van der Waals surface area contributed by atoms with E-state index < -0.39 is 0 Å². The van der Waals surface area contributed by atoms with Crippen molar-refractivity contribution in [1.82, 2.24) is 10.3 Å². The normalized spacial score (nSPS) is 10.0. The molecule has 0 aliphatic heterocycles. The number of amides is 1. The zero-order valence-corrected chi connectivity index (χ0v) is 12.0. The van der Waals surface area contributed by atoms with Gasteiger partial charge in [-0.05, 0) is 21.5 Å². The lowest BCUT2D eigenvalue weighted by Crippen LogP contribution is -2.23. The van der Waals surface area contributed by atoms with Crippen LogP contribution in [0.5, 0.6) is 5.75 Å². The van der Waals surface area contributed by atoms with Gasteiger partial charge in [-0.25, -0.2) is 4.98 Å². The number of hydrogen-bond acceptors (Lipinski definition) is 3. The number of nitrogens with one attached hydrogen (secondary N) is 1. The number of nitrogens with zero attached hydrogens (tertiary/aromatic N) is 1. The highest BCUT2D eigenvalue weighted by molar-refractivity contribution is 9.10. The van der Waals surface area contributed by atoms with E-state index in [9.17, 15) is 4.79 Å². The zero-order chi connectivity index (χ0) is 13.7. The maximum atomic E-state index is 12.0. The monoisotopic (exact) mass is 320 g/mol. The molecule has 0 atom stereocenters. The van der Waals surface area contributed by atoms with E-state index in [-0.39, 0.29) is 5.91 Å². The van der Waals surface area contributed by atoms with Crippen LogP contribution in [0, 0.1) is 0 Å². The van der Waals surface area contributed by atoms with Gasteiger partial charge in [0, 0.05) is 18.7 Å². The first kappa shape index (κ1) is 13.5. The minimum atomic E-state index is -0.233. The number of hydrogen-bond donors (Lipinski definition) is 1. The Balaban J connectivity index is 2.06.